The van der Waals surface area contributed by atoms with Crippen molar-refractivity contribution in [3.8, 4) is 11.6 Å². The van der Waals surface area contributed by atoms with Crippen molar-refractivity contribution in [1.82, 2.24) is 4.98 Å². The Hall–Kier alpha value is -1.29. The molecular formula is C8H11NO3. The SMILES string of the molecule is COCc1cnc(OC)cc1O. The van der Waals surface area contributed by atoms with Gasteiger partial charge in [0.05, 0.1) is 13.7 Å². The van der Waals surface area contributed by atoms with E-state index in [2.05, 4.69) is 4.98 Å². The van der Waals surface area contributed by atoms with Crippen LogP contribution in [0.25, 0.3) is 0 Å². The van der Waals surface area contributed by atoms with Crippen LogP contribution in [0.3, 0.4) is 0 Å². The molecule has 4 nitrogen and oxygen atoms in total. The molecule has 0 bridgehead atoms. The molecule has 0 fully saturated rings. The Kier molecular flexibility index (Phi) is 2.88. The van der Waals surface area contributed by atoms with Gasteiger partial charge in [-0.15, -0.1) is 0 Å². The van der Waals surface area contributed by atoms with E-state index in [0.717, 1.165) is 0 Å². The summed E-state index contributed by atoms with van der Waals surface area (Å²) in [4.78, 5) is 3.91. The number of pyridine rings is 1. The Morgan fingerprint density at radius 3 is 2.75 bits per heavy atom. The quantitative estimate of drug-likeness (QED) is 0.731. The minimum atomic E-state index is 0.142. The highest BCUT2D eigenvalue weighted by atomic mass is 16.5. The number of nitrogens with zero attached hydrogens (tertiary/aromatic N) is 1. The number of hydrogen-bond acceptors (Lipinski definition) is 4. The first kappa shape index (κ1) is 8.80. The molecule has 0 amide bonds. The fourth-order valence-corrected chi connectivity index (χ4v) is 0.833. The third kappa shape index (κ3) is 1.85. The Morgan fingerprint density at radius 1 is 1.50 bits per heavy atom. The summed E-state index contributed by atoms with van der Waals surface area (Å²) in [5.41, 5.74) is 0.651. The molecule has 0 aliphatic rings. The topological polar surface area (TPSA) is 51.6 Å². The van der Waals surface area contributed by atoms with Gasteiger partial charge in [-0.1, -0.05) is 0 Å². The predicted molar refractivity (Wildman–Crippen MR) is 43.2 cm³/mol. The highest BCUT2D eigenvalue weighted by molar-refractivity contribution is 5.33. The van der Waals surface area contributed by atoms with Gasteiger partial charge in [-0.3, -0.25) is 0 Å². The van der Waals surface area contributed by atoms with Crippen LogP contribution in [0.4, 0.5) is 0 Å². The molecule has 0 saturated carbocycles. The average molecular weight is 169 g/mol. The van der Waals surface area contributed by atoms with Crippen molar-refractivity contribution in [2.24, 2.45) is 0 Å². The summed E-state index contributed by atoms with van der Waals surface area (Å²) >= 11 is 0. The number of aromatic hydroxyl groups is 1. The standard InChI is InChI=1S/C8H11NO3/c1-11-5-6-4-9-8(12-2)3-7(6)10/h3-4H,5H2,1-2H3,(H,9,10). The number of methoxy groups -OCH3 is 2. The minimum absolute atomic E-state index is 0.142. The summed E-state index contributed by atoms with van der Waals surface area (Å²) in [5, 5.41) is 9.35. The second-order valence-electron chi connectivity index (χ2n) is 2.29. The average Bonchev–Trinajstić information content (AvgIpc) is 2.09. The molecule has 0 unspecified atom stereocenters. The molecule has 1 aromatic rings. The first-order valence-electron chi connectivity index (χ1n) is 3.48. The molecule has 0 aliphatic carbocycles. The molecule has 1 rings (SSSR count). The predicted octanol–water partition coefficient (Wildman–Crippen LogP) is 0.942. The van der Waals surface area contributed by atoms with Crippen LogP contribution in [-0.4, -0.2) is 24.3 Å². The van der Waals surface area contributed by atoms with Crippen molar-refractivity contribution >= 4 is 0 Å². The number of aromatic nitrogens is 1. The largest absolute Gasteiger partial charge is 0.507 e. The first-order chi connectivity index (χ1) is 5.77. The van der Waals surface area contributed by atoms with Crippen LogP contribution < -0.4 is 4.74 Å². The maximum absolute atomic E-state index is 9.35. The maximum Gasteiger partial charge on any atom is 0.216 e. The molecule has 0 atom stereocenters. The van der Waals surface area contributed by atoms with Gasteiger partial charge in [0.25, 0.3) is 0 Å². The Balaban J connectivity index is 2.87. The van der Waals surface area contributed by atoms with Crippen LogP contribution in [-0.2, 0) is 11.3 Å². The van der Waals surface area contributed by atoms with Crippen molar-refractivity contribution in [2.75, 3.05) is 14.2 Å². The zero-order chi connectivity index (χ0) is 8.97. The molecule has 1 heterocycles. The second-order valence-corrected chi connectivity index (χ2v) is 2.29. The highest BCUT2D eigenvalue weighted by Gasteiger charge is 2.02. The second kappa shape index (κ2) is 3.92. The van der Waals surface area contributed by atoms with E-state index < -0.39 is 0 Å². The molecule has 0 aliphatic heterocycles. The van der Waals surface area contributed by atoms with Crippen LogP contribution in [0.5, 0.6) is 11.6 Å². The van der Waals surface area contributed by atoms with E-state index in [1.54, 1.807) is 7.11 Å². The van der Waals surface area contributed by atoms with Crippen LogP contribution in [0.2, 0.25) is 0 Å². The van der Waals surface area contributed by atoms with Gasteiger partial charge in [-0.2, -0.15) is 0 Å². The van der Waals surface area contributed by atoms with Crippen LogP contribution >= 0.6 is 0 Å². The third-order valence-corrected chi connectivity index (χ3v) is 1.45. The molecular weight excluding hydrogens is 158 g/mol. The summed E-state index contributed by atoms with van der Waals surface area (Å²) in [6, 6.07) is 1.45. The molecule has 1 N–H and O–H groups in total. The first-order valence-corrected chi connectivity index (χ1v) is 3.48. The van der Waals surface area contributed by atoms with E-state index in [0.29, 0.717) is 18.1 Å². The zero-order valence-electron chi connectivity index (χ0n) is 7.07. The lowest BCUT2D eigenvalue weighted by molar-refractivity contribution is 0.181. The number of ether oxygens (including phenoxy) is 2. The summed E-state index contributed by atoms with van der Waals surface area (Å²) in [6.07, 6.45) is 1.53. The fourth-order valence-electron chi connectivity index (χ4n) is 0.833. The van der Waals surface area contributed by atoms with E-state index in [-0.39, 0.29) is 5.75 Å². The molecule has 0 spiro atoms. The number of rotatable bonds is 3. The summed E-state index contributed by atoms with van der Waals surface area (Å²) < 4.78 is 9.66. The lowest BCUT2D eigenvalue weighted by Gasteiger charge is -2.03. The van der Waals surface area contributed by atoms with Gasteiger partial charge in [-0.05, 0) is 0 Å². The fraction of sp³-hybridized carbons (Fsp3) is 0.375. The van der Waals surface area contributed by atoms with Gasteiger partial charge >= 0.3 is 0 Å². The number of hydrogen-bond donors (Lipinski definition) is 1. The highest BCUT2D eigenvalue weighted by Crippen LogP contribution is 2.20. The summed E-state index contributed by atoms with van der Waals surface area (Å²) in [6.45, 7) is 0.350. The van der Waals surface area contributed by atoms with E-state index in [4.69, 9.17) is 9.47 Å². The van der Waals surface area contributed by atoms with Gasteiger partial charge in [0, 0.05) is 24.9 Å². The van der Waals surface area contributed by atoms with Gasteiger partial charge < -0.3 is 14.6 Å². The molecule has 12 heavy (non-hydrogen) atoms. The van der Waals surface area contributed by atoms with Gasteiger partial charge in [-0.25, -0.2) is 4.98 Å². The van der Waals surface area contributed by atoms with Crippen molar-refractivity contribution in [3.05, 3.63) is 17.8 Å². The molecule has 0 aromatic carbocycles. The normalized spacial score (nSPS) is 9.83. The maximum atomic E-state index is 9.35. The smallest absolute Gasteiger partial charge is 0.216 e. The Labute approximate surface area is 70.8 Å². The van der Waals surface area contributed by atoms with E-state index in [1.165, 1.54) is 19.4 Å². The third-order valence-electron chi connectivity index (χ3n) is 1.45. The van der Waals surface area contributed by atoms with Gasteiger partial charge in [0.1, 0.15) is 5.75 Å². The monoisotopic (exact) mass is 169 g/mol. The van der Waals surface area contributed by atoms with Crippen molar-refractivity contribution in [2.45, 2.75) is 6.61 Å². The summed E-state index contributed by atoms with van der Waals surface area (Å²) in [7, 11) is 3.06. The summed E-state index contributed by atoms with van der Waals surface area (Å²) in [5.74, 6) is 0.538. The molecule has 66 valence electrons. The Bertz CT molecular complexity index is 262. The molecule has 1 aromatic heterocycles. The Morgan fingerprint density at radius 2 is 2.25 bits per heavy atom. The van der Waals surface area contributed by atoms with Gasteiger partial charge in [0.15, 0.2) is 0 Å². The van der Waals surface area contributed by atoms with Crippen LogP contribution in [0, 0.1) is 0 Å². The zero-order valence-corrected chi connectivity index (χ0v) is 7.07. The molecule has 0 radical (unpaired) electrons. The van der Waals surface area contributed by atoms with E-state index in [1.807, 2.05) is 0 Å². The lowest BCUT2D eigenvalue weighted by Crippen LogP contribution is -1.92. The van der Waals surface area contributed by atoms with E-state index >= 15 is 0 Å². The minimum Gasteiger partial charge on any atom is -0.507 e. The van der Waals surface area contributed by atoms with Crippen LogP contribution in [0.15, 0.2) is 12.3 Å². The lowest BCUT2D eigenvalue weighted by atomic mass is 10.3. The van der Waals surface area contributed by atoms with Crippen molar-refractivity contribution in [3.63, 3.8) is 0 Å². The van der Waals surface area contributed by atoms with Crippen molar-refractivity contribution < 1.29 is 14.6 Å². The molecule has 0 saturated heterocycles. The molecule has 4 heteroatoms. The van der Waals surface area contributed by atoms with E-state index in [9.17, 15) is 5.11 Å². The van der Waals surface area contributed by atoms with Crippen LogP contribution in [0.1, 0.15) is 5.56 Å². The van der Waals surface area contributed by atoms with Gasteiger partial charge in [0.2, 0.25) is 5.88 Å². The van der Waals surface area contributed by atoms with Crippen molar-refractivity contribution in [1.29, 1.82) is 0 Å².